The molecule has 0 aliphatic rings. The first-order chi connectivity index (χ1) is 3.72. The first kappa shape index (κ1) is 12.2. The minimum absolute atomic E-state index is 0. The Morgan fingerprint density at radius 2 is 1.44 bits per heavy atom. The molecule has 0 saturated heterocycles. The van der Waals surface area contributed by atoms with Crippen LogP contribution in [0.1, 0.15) is 27.7 Å². The van der Waals surface area contributed by atoms with Crippen molar-refractivity contribution in [2.75, 3.05) is 13.1 Å². The fraction of sp³-hybridized carbons (Fsp3) is 1.00. The smallest absolute Gasteiger partial charge is 0.00383 e. The summed E-state index contributed by atoms with van der Waals surface area (Å²) in [5.74, 6) is 0. The van der Waals surface area contributed by atoms with Crippen LogP contribution in [0.5, 0.6) is 0 Å². The molecule has 0 saturated carbocycles. The summed E-state index contributed by atoms with van der Waals surface area (Å²) >= 11 is 0. The first-order valence-electron chi connectivity index (χ1n) is 3.46. The molecule has 2 heteroatoms. The Balaban J connectivity index is 0. The van der Waals surface area contributed by atoms with E-state index < -0.39 is 0 Å². The van der Waals surface area contributed by atoms with Crippen LogP contribution in [-0.4, -0.2) is 24.0 Å². The standard InChI is InChI=1S/C7H17N.Ni/c1-5-8(6-2)7(3)4;/h7H,5-6H2,1-4H3;. The van der Waals surface area contributed by atoms with Crippen molar-refractivity contribution in [3.05, 3.63) is 0 Å². The van der Waals surface area contributed by atoms with E-state index in [2.05, 4.69) is 32.6 Å². The fourth-order valence-corrected chi connectivity index (χ4v) is 0.954. The molecular formula is C7H17NNi. The van der Waals surface area contributed by atoms with Crippen molar-refractivity contribution in [3.63, 3.8) is 0 Å². The minimum atomic E-state index is 0. The summed E-state index contributed by atoms with van der Waals surface area (Å²) in [4.78, 5) is 2.42. The summed E-state index contributed by atoms with van der Waals surface area (Å²) in [6, 6.07) is 0.713. The molecule has 0 fully saturated rings. The van der Waals surface area contributed by atoms with Gasteiger partial charge in [0, 0.05) is 22.5 Å². The largest absolute Gasteiger partial charge is 0.301 e. The molecule has 0 aliphatic heterocycles. The van der Waals surface area contributed by atoms with E-state index in [1.165, 1.54) is 13.1 Å². The van der Waals surface area contributed by atoms with Gasteiger partial charge in [0.15, 0.2) is 0 Å². The van der Waals surface area contributed by atoms with Crippen LogP contribution in [0.25, 0.3) is 0 Å². The van der Waals surface area contributed by atoms with E-state index in [1.807, 2.05) is 0 Å². The molecular weight excluding hydrogens is 157 g/mol. The maximum Gasteiger partial charge on any atom is 0.00383 e. The van der Waals surface area contributed by atoms with Crippen molar-refractivity contribution >= 4 is 0 Å². The number of hydrogen-bond donors (Lipinski definition) is 0. The van der Waals surface area contributed by atoms with Crippen molar-refractivity contribution < 1.29 is 16.5 Å². The van der Waals surface area contributed by atoms with Crippen LogP contribution in [-0.2, 0) is 16.5 Å². The zero-order valence-electron chi connectivity index (χ0n) is 6.76. The van der Waals surface area contributed by atoms with Crippen molar-refractivity contribution in [3.8, 4) is 0 Å². The fourth-order valence-electron chi connectivity index (χ4n) is 0.954. The maximum absolute atomic E-state index is 2.42. The molecule has 0 aromatic rings. The monoisotopic (exact) mass is 173 g/mol. The van der Waals surface area contributed by atoms with E-state index >= 15 is 0 Å². The average molecular weight is 174 g/mol. The Kier molecular flexibility index (Phi) is 8.88. The van der Waals surface area contributed by atoms with Gasteiger partial charge in [-0.1, -0.05) is 13.8 Å². The zero-order chi connectivity index (χ0) is 6.57. The molecule has 0 aromatic heterocycles. The Labute approximate surface area is 68.7 Å². The van der Waals surface area contributed by atoms with Gasteiger partial charge in [-0.25, -0.2) is 0 Å². The molecule has 0 aromatic carbocycles. The molecule has 0 heterocycles. The van der Waals surface area contributed by atoms with Gasteiger partial charge in [-0.2, -0.15) is 0 Å². The molecule has 0 N–H and O–H groups in total. The van der Waals surface area contributed by atoms with Crippen LogP contribution in [0.4, 0.5) is 0 Å². The normalized spacial score (nSPS) is 10.0. The van der Waals surface area contributed by atoms with Crippen LogP contribution in [0.2, 0.25) is 0 Å². The Morgan fingerprint density at radius 3 is 1.44 bits per heavy atom. The van der Waals surface area contributed by atoms with E-state index in [0.29, 0.717) is 6.04 Å². The number of rotatable bonds is 3. The quantitative estimate of drug-likeness (QED) is 0.588. The number of hydrogen-bond acceptors (Lipinski definition) is 1. The molecule has 0 amide bonds. The van der Waals surface area contributed by atoms with E-state index in [0.717, 1.165) is 0 Å². The predicted octanol–water partition coefficient (Wildman–Crippen LogP) is 1.73. The zero-order valence-corrected chi connectivity index (χ0v) is 7.74. The Hall–Kier alpha value is 0.454. The van der Waals surface area contributed by atoms with Gasteiger partial charge in [0.25, 0.3) is 0 Å². The summed E-state index contributed by atoms with van der Waals surface area (Å²) in [5.41, 5.74) is 0. The van der Waals surface area contributed by atoms with Crippen LogP contribution in [0.15, 0.2) is 0 Å². The van der Waals surface area contributed by atoms with Crippen LogP contribution in [0, 0.1) is 0 Å². The van der Waals surface area contributed by atoms with E-state index in [1.54, 1.807) is 0 Å². The van der Waals surface area contributed by atoms with Crippen LogP contribution < -0.4 is 0 Å². The predicted molar refractivity (Wildman–Crippen MR) is 38.1 cm³/mol. The topological polar surface area (TPSA) is 3.24 Å². The second-order valence-corrected chi connectivity index (χ2v) is 2.31. The van der Waals surface area contributed by atoms with E-state index in [4.69, 9.17) is 0 Å². The molecule has 0 unspecified atom stereocenters. The minimum Gasteiger partial charge on any atom is -0.301 e. The van der Waals surface area contributed by atoms with E-state index in [-0.39, 0.29) is 16.5 Å². The van der Waals surface area contributed by atoms with Crippen LogP contribution in [0.3, 0.4) is 0 Å². The summed E-state index contributed by atoms with van der Waals surface area (Å²) in [6.07, 6.45) is 0. The van der Waals surface area contributed by atoms with E-state index in [9.17, 15) is 0 Å². The van der Waals surface area contributed by atoms with Crippen molar-refractivity contribution in [1.29, 1.82) is 0 Å². The Morgan fingerprint density at radius 1 is 1.11 bits per heavy atom. The average Bonchev–Trinajstić information content (AvgIpc) is 1.69. The molecule has 0 atom stereocenters. The second kappa shape index (κ2) is 6.57. The first-order valence-corrected chi connectivity index (χ1v) is 3.46. The molecule has 0 radical (unpaired) electrons. The van der Waals surface area contributed by atoms with Gasteiger partial charge in [0.05, 0.1) is 0 Å². The molecule has 0 rings (SSSR count). The summed E-state index contributed by atoms with van der Waals surface area (Å²) in [7, 11) is 0. The maximum atomic E-state index is 2.42. The number of nitrogens with zero attached hydrogens (tertiary/aromatic N) is 1. The van der Waals surface area contributed by atoms with Gasteiger partial charge in [-0.3, -0.25) is 0 Å². The summed E-state index contributed by atoms with van der Waals surface area (Å²) in [6.45, 7) is 11.2. The van der Waals surface area contributed by atoms with Crippen molar-refractivity contribution in [1.82, 2.24) is 4.90 Å². The van der Waals surface area contributed by atoms with Gasteiger partial charge < -0.3 is 4.90 Å². The third kappa shape index (κ3) is 4.93. The van der Waals surface area contributed by atoms with Crippen molar-refractivity contribution in [2.45, 2.75) is 33.7 Å². The van der Waals surface area contributed by atoms with Gasteiger partial charge in [0.1, 0.15) is 0 Å². The summed E-state index contributed by atoms with van der Waals surface area (Å²) in [5, 5.41) is 0. The van der Waals surface area contributed by atoms with Crippen molar-refractivity contribution in [2.24, 2.45) is 0 Å². The molecule has 60 valence electrons. The molecule has 1 nitrogen and oxygen atoms in total. The van der Waals surface area contributed by atoms with Gasteiger partial charge >= 0.3 is 0 Å². The summed E-state index contributed by atoms with van der Waals surface area (Å²) < 4.78 is 0. The molecule has 0 spiro atoms. The van der Waals surface area contributed by atoms with Gasteiger partial charge in [-0.15, -0.1) is 0 Å². The second-order valence-electron chi connectivity index (χ2n) is 2.31. The molecule has 9 heavy (non-hydrogen) atoms. The third-order valence-corrected chi connectivity index (χ3v) is 1.54. The third-order valence-electron chi connectivity index (χ3n) is 1.54. The molecule has 0 bridgehead atoms. The Bertz CT molecular complexity index is 50.9. The van der Waals surface area contributed by atoms with Gasteiger partial charge in [0.2, 0.25) is 0 Å². The SMILES string of the molecule is CCN(CC)C(C)C.[Ni]. The van der Waals surface area contributed by atoms with Gasteiger partial charge in [-0.05, 0) is 26.9 Å². The molecule has 0 aliphatic carbocycles. The van der Waals surface area contributed by atoms with Crippen LogP contribution >= 0.6 is 0 Å².